The maximum absolute atomic E-state index is 3.24. The van der Waals surface area contributed by atoms with E-state index in [0.29, 0.717) is 5.41 Å². The van der Waals surface area contributed by atoms with Gasteiger partial charge in [0, 0.05) is 0 Å². The van der Waals surface area contributed by atoms with Crippen LogP contribution in [0.4, 0.5) is 0 Å². The third-order valence-corrected chi connectivity index (χ3v) is 3.37. The quantitative estimate of drug-likeness (QED) is 0.767. The van der Waals surface area contributed by atoms with E-state index in [1.165, 1.54) is 24.8 Å². The molecule has 0 heterocycles. The predicted molar refractivity (Wildman–Crippen MR) is 60.6 cm³/mol. The second-order valence-corrected chi connectivity index (χ2v) is 4.50. The van der Waals surface area contributed by atoms with Crippen LogP contribution in [0.1, 0.15) is 30.4 Å². The highest BCUT2D eigenvalue weighted by atomic mass is 14.8. The van der Waals surface area contributed by atoms with E-state index in [9.17, 15) is 0 Å². The normalized spacial score (nSPS) is 18.1. The Morgan fingerprint density at radius 3 is 2.36 bits per heavy atom. The lowest BCUT2D eigenvalue weighted by Gasteiger charge is -2.15. The van der Waals surface area contributed by atoms with Crippen molar-refractivity contribution in [3.05, 3.63) is 35.4 Å². The first kappa shape index (κ1) is 9.72. The van der Waals surface area contributed by atoms with Crippen molar-refractivity contribution in [2.24, 2.45) is 0 Å². The number of hydrogen-bond acceptors (Lipinski definition) is 1. The summed E-state index contributed by atoms with van der Waals surface area (Å²) in [5.74, 6) is 0. The van der Waals surface area contributed by atoms with Crippen LogP contribution < -0.4 is 5.32 Å². The van der Waals surface area contributed by atoms with Crippen molar-refractivity contribution in [2.45, 2.75) is 31.6 Å². The van der Waals surface area contributed by atoms with Gasteiger partial charge in [-0.25, -0.2) is 0 Å². The first-order valence-electron chi connectivity index (χ1n) is 5.49. The largest absolute Gasteiger partial charge is 0.320 e. The summed E-state index contributed by atoms with van der Waals surface area (Å²) in [4.78, 5) is 0. The van der Waals surface area contributed by atoms with Gasteiger partial charge in [0.05, 0.1) is 0 Å². The Bertz CT molecular complexity index is 296. The number of hydrogen-bond donors (Lipinski definition) is 1. The molecule has 0 atom stereocenters. The summed E-state index contributed by atoms with van der Waals surface area (Å²) in [5.41, 5.74) is 3.42. The van der Waals surface area contributed by atoms with Crippen LogP contribution in [-0.2, 0) is 5.41 Å². The van der Waals surface area contributed by atoms with Gasteiger partial charge in [-0.2, -0.15) is 0 Å². The summed E-state index contributed by atoms with van der Waals surface area (Å²) in [6.45, 7) is 3.28. The van der Waals surface area contributed by atoms with Gasteiger partial charge in [0.15, 0.2) is 0 Å². The van der Waals surface area contributed by atoms with Crippen LogP contribution in [0.3, 0.4) is 0 Å². The molecular formula is C13H19N. The SMILES string of the molecule is CNCCC1(c2ccc(C)cc2)CC1. The Morgan fingerprint density at radius 1 is 1.21 bits per heavy atom. The number of aryl methyl sites for hydroxylation is 1. The second-order valence-electron chi connectivity index (χ2n) is 4.50. The van der Waals surface area contributed by atoms with Crippen LogP contribution in [-0.4, -0.2) is 13.6 Å². The molecule has 1 aromatic carbocycles. The maximum atomic E-state index is 3.24. The van der Waals surface area contributed by atoms with Crippen molar-refractivity contribution in [1.82, 2.24) is 5.32 Å². The fourth-order valence-corrected chi connectivity index (χ4v) is 2.11. The number of nitrogens with one attached hydrogen (secondary N) is 1. The average Bonchev–Trinajstić information content (AvgIpc) is 2.97. The maximum Gasteiger partial charge on any atom is -0.00343 e. The van der Waals surface area contributed by atoms with Gasteiger partial charge in [0.1, 0.15) is 0 Å². The minimum Gasteiger partial charge on any atom is -0.320 e. The van der Waals surface area contributed by atoms with Crippen molar-refractivity contribution in [2.75, 3.05) is 13.6 Å². The third kappa shape index (κ3) is 1.83. The standard InChI is InChI=1S/C13H19N/c1-11-3-5-12(6-4-11)13(7-8-13)9-10-14-2/h3-6,14H,7-10H2,1-2H3. The fraction of sp³-hybridized carbons (Fsp3) is 0.538. The van der Waals surface area contributed by atoms with E-state index < -0.39 is 0 Å². The zero-order valence-electron chi connectivity index (χ0n) is 9.14. The van der Waals surface area contributed by atoms with E-state index in [-0.39, 0.29) is 0 Å². The molecule has 0 aliphatic heterocycles. The number of benzene rings is 1. The fourth-order valence-electron chi connectivity index (χ4n) is 2.11. The van der Waals surface area contributed by atoms with Crippen LogP contribution in [0.25, 0.3) is 0 Å². The third-order valence-electron chi connectivity index (χ3n) is 3.37. The predicted octanol–water partition coefficient (Wildman–Crippen LogP) is 2.64. The van der Waals surface area contributed by atoms with E-state index in [1.54, 1.807) is 5.56 Å². The van der Waals surface area contributed by atoms with Gasteiger partial charge in [0.25, 0.3) is 0 Å². The molecule has 0 aromatic heterocycles. The first-order chi connectivity index (χ1) is 6.77. The molecule has 0 saturated heterocycles. The Kier molecular flexibility index (Phi) is 2.60. The van der Waals surface area contributed by atoms with Gasteiger partial charge < -0.3 is 5.32 Å². The topological polar surface area (TPSA) is 12.0 Å². The van der Waals surface area contributed by atoms with Gasteiger partial charge in [-0.05, 0) is 50.8 Å². The molecule has 0 unspecified atom stereocenters. The first-order valence-corrected chi connectivity index (χ1v) is 5.49. The molecule has 1 aliphatic rings. The van der Waals surface area contributed by atoms with E-state index in [4.69, 9.17) is 0 Å². The Balaban J connectivity index is 2.10. The molecule has 0 radical (unpaired) electrons. The molecule has 1 nitrogen and oxygen atoms in total. The molecule has 14 heavy (non-hydrogen) atoms. The molecule has 1 saturated carbocycles. The highest BCUT2D eigenvalue weighted by molar-refractivity contribution is 5.33. The Morgan fingerprint density at radius 2 is 1.86 bits per heavy atom. The summed E-state index contributed by atoms with van der Waals surface area (Å²) in [6, 6.07) is 9.07. The minimum atomic E-state index is 0.525. The van der Waals surface area contributed by atoms with Gasteiger partial charge in [-0.3, -0.25) is 0 Å². The van der Waals surface area contributed by atoms with Gasteiger partial charge in [-0.15, -0.1) is 0 Å². The summed E-state index contributed by atoms with van der Waals surface area (Å²) in [6.07, 6.45) is 4.03. The zero-order valence-corrected chi connectivity index (χ0v) is 9.14. The minimum absolute atomic E-state index is 0.525. The molecule has 1 aliphatic carbocycles. The van der Waals surface area contributed by atoms with Gasteiger partial charge >= 0.3 is 0 Å². The van der Waals surface area contributed by atoms with E-state index in [0.717, 1.165) is 6.54 Å². The molecular weight excluding hydrogens is 170 g/mol. The van der Waals surface area contributed by atoms with Crippen molar-refractivity contribution >= 4 is 0 Å². The molecule has 0 bridgehead atoms. The molecule has 1 aromatic rings. The van der Waals surface area contributed by atoms with Crippen LogP contribution in [0.2, 0.25) is 0 Å². The lowest BCUT2D eigenvalue weighted by atomic mass is 9.92. The monoisotopic (exact) mass is 189 g/mol. The number of rotatable bonds is 4. The smallest absolute Gasteiger partial charge is 0.00343 e. The zero-order chi connectivity index (χ0) is 10.0. The van der Waals surface area contributed by atoms with Crippen molar-refractivity contribution < 1.29 is 0 Å². The lowest BCUT2D eigenvalue weighted by molar-refractivity contribution is 0.588. The molecule has 0 amide bonds. The van der Waals surface area contributed by atoms with Crippen molar-refractivity contribution in [3.63, 3.8) is 0 Å². The molecule has 2 rings (SSSR count). The average molecular weight is 189 g/mol. The van der Waals surface area contributed by atoms with Crippen LogP contribution in [0.5, 0.6) is 0 Å². The van der Waals surface area contributed by atoms with Crippen LogP contribution in [0, 0.1) is 6.92 Å². The molecule has 0 spiro atoms. The highest BCUT2D eigenvalue weighted by Gasteiger charge is 2.43. The molecule has 76 valence electrons. The Hall–Kier alpha value is -0.820. The van der Waals surface area contributed by atoms with Crippen LogP contribution in [0.15, 0.2) is 24.3 Å². The summed E-state index contributed by atoms with van der Waals surface area (Å²) in [5, 5.41) is 3.24. The van der Waals surface area contributed by atoms with E-state index in [2.05, 4.69) is 36.5 Å². The van der Waals surface area contributed by atoms with Crippen molar-refractivity contribution in [3.8, 4) is 0 Å². The Labute approximate surface area is 86.5 Å². The summed E-state index contributed by atoms with van der Waals surface area (Å²) >= 11 is 0. The molecule has 1 heteroatoms. The van der Waals surface area contributed by atoms with Gasteiger partial charge in [-0.1, -0.05) is 29.8 Å². The lowest BCUT2D eigenvalue weighted by Crippen LogP contribution is -2.16. The molecule has 1 N–H and O–H groups in total. The summed E-state index contributed by atoms with van der Waals surface area (Å²) in [7, 11) is 2.03. The highest BCUT2D eigenvalue weighted by Crippen LogP contribution is 2.50. The van der Waals surface area contributed by atoms with E-state index >= 15 is 0 Å². The van der Waals surface area contributed by atoms with E-state index in [1.807, 2.05) is 7.05 Å². The van der Waals surface area contributed by atoms with Crippen LogP contribution >= 0.6 is 0 Å². The second kappa shape index (κ2) is 3.74. The van der Waals surface area contributed by atoms with Gasteiger partial charge in [0.2, 0.25) is 0 Å². The molecule has 1 fully saturated rings. The summed E-state index contributed by atoms with van der Waals surface area (Å²) < 4.78 is 0. The van der Waals surface area contributed by atoms with Crippen molar-refractivity contribution in [1.29, 1.82) is 0 Å².